The summed E-state index contributed by atoms with van der Waals surface area (Å²) in [6.45, 7) is 2.80. The normalized spacial score (nSPS) is 16.9. The molecule has 1 amide bonds. The van der Waals surface area contributed by atoms with Crippen LogP contribution >= 0.6 is 0 Å². The minimum atomic E-state index is -0.522. The lowest BCUT2D eigenvalue weighted by Crippen LogP contribution is -2.36. The van der Waals surface area contributed by atoms with E-state index in [2.05, 4.69) is 17.7 Å². The fourth-order valence-corrected chi connectivity index (χ4v) is 3.00. The molecule has 5 heteroatoms. The summed E-state index contributed by atoms with van der Waals surface area (Å²) in [4.78, 5) is 12.2. The number of benzene rings is 1. The molecule has 0 heterocycles. The highest BCUT2D eigenvalue weighted by Crippen LogP contribution is 2.40. The van der Waals surface area contributed by atoms with Gasteiger partial charge in [0.15, 0.2) is 0 Å². The van der Waals surface area contributed by atoms with E-state index in [0.29, 0.717) is 6.54 Å². The average Bonchev–Trinajstić information content (AvgIpc) is 2.94. The maximum atomic E-state index is 13.6. The fourth-order valence-electron chi connectivity index (χ4n) is 3.00. The molecule has 0 aliphatic heterocycles. The number of nitrogens with one attached hydrogen (secondary N) is 2. The summed E-state index contributed by atoms with van der Waals surface area (Å²) >= 11 is 0. The van der Waals surface area contributed by atoms with Crippen molar-refractivity contribution in [1.29, 1.82) is 0 Å². The number of nitrogen functional groups attached to an aromatic ring is 1. The van der Waals surface area contributed by atoms with E-state index in [9.17, 15) is 9.18 Å². The third-order valence-corrected chi connectivity index (χ3v) is 4.44. The van der Waals surface area contributed by atoms with Gasteiger partial charge in [-0.1, -0.05) is 25.8 Å². The number of hydrogen-bond donors (Lipinski definition) is 3. The van der Waals surface area contributed by atoms with Gasteiger partial charge in [-0.3, -0.25) is 10.6 Å². The standard InChI is InChI=1S/C15H22FN3O/c1-2-15(8-3-4-9-15)10-18-14(20)11-6-5-7-12(16)13(11)19-17/h5-7,19H,2-4,8-10,17H2,1H3,(H,18,20). The summed E-state index contributed by atoms with van der Waals surface area (Å²) in [6, 6.07) is 4.35. The first-order valence-electron chi connectivity index (χ1n) is 7.15. The third kappa shape index (κ3) is 2.93. The van der Waals surface area contributed by atoms with Crippen LogP contribution in [0.5, 0.6) is 0 Å². The molecule has 0 spiro atoms. The Hall–Kier alpha value is -1.62. The first kappa shape index (κ1) is 14.8. The van der Waals surface area contributed by atoms with E-state index in [1.165, 1.54) is 25.0 Å². The van der Waals surface area contributed by atoms with Gasteiger partial charge in [0.2, 0.25) is 0 Å². The van der Waals surface area contributed by atoms with E-state index < -0.39 is 5.82 Å². The molecular weight excluding hydrogens is 257 g/mol. The predicted octanol–water partition coefficient (Wildman–Crippen LogP) is 2.81. The van der Waals surface area contributed by atoms with Crippen molar-refractivity contribution in [3.05, 3.63) is 29.6 Å². The molecule has 0 saturated heterocycles. The summed E-state index contributed by atoms with van der Waals surface area (Å²) in [6.07, 6.45) is 5.79. The molecule has 1 saturated carbocycles. The van der Waals surface area contributed by atoms with Crippen LogP contribution in [0.4, 0.5) is 10.1 Å². The third-order valence-electron chi connectivity index (χ3n) is 4.44. The maximum Gasteiger partial charge on any atom is 0.253 e. The number of para-hydroxylation sites is 1. The van der Waals surface area contributed by atoms with Gasteiger partial charge in [0, 0.05) is 6.54 Å². The number of rotatable bonds is 5. The van der Waals surface area contributed by atoms with Crippen LogP contribution in [0, 0.1) is 11.2 Å². The quantitative estimate of drug-likeness (QED) is 0.573. The number of carbonyl (C=O) groups excluding carboxylic acids is 1. The minimum absolute atomic E-state index is 0.0435. The van der Waals surface area contributed by atoms with Gasteiger partial charge in [0.05, 0.1) is 11.3 Å². The van der Waals surface area contributed by atoms with Crippen LogP contribution in [-0.2, 0) is 0 Å². The molecule has 1 aliphatic rings. The molecular formula is C15H22FN3O. The number of hydrogen-bond acceptors (Lipinski definition) is 3. The van der Waals surface area contributed by atoms with E-state index in [0.717, 1.165) is 19.3 Å². The summed E-state index contributed by atoms with van der Waals surface area (Å²) in [5, 5.41) is 2.93. The van der Waals surface area contributed by atoms with Gasteiger partial charge >= 0.3 is 0 Å². The molecule has 4 N–H and O–H groups in total. The highest BCUT2D eigenvalue weighted by molar-refractivity contribution is 5.99. The highest BCUT2D eigenvalue weighted by Gasteiger charge is 2.32. The van der Waals surface area contributed by atoms with E-state index in [1.807, 2.05) is 0 Å². The van der Waals surface area contributed by atoms with Gasteiger partial charge in [0.1, 0.15) is 5.82 Å². The van der Waals surface area contributed by atoms with Gasteiger partial charge in [0.25, 0.3) is 5.91 Å². The number of carbonyl (C=O) groups is 1. The zero-order valence-electron chi connectivity index (χ0n) is 11.8. The summed E-state index contributed by atoms with van der Waals surface area (Å²) in [5.74, 6) is 4.49. The van der Waals surface area contributed by atoms with Crippen molar-refractivity contribution in [3.63, 3.8) is 0 Å². The minimum Gasteiger partial charge on any atom is -0.351 e. The van der Waals surface area contributed by atoms with Crippen LogP contribution in [0.15, 0.2) is 18.2 Å². The molecule has 2 rings (SSSR count). The molecule has 20 heavy (non-hydrogen) atoms. The molecule has 1 aromatic carbocycles. The lowest BCUT2D eigenvalue weighted by Gasteiger charge is -2.27. The zero-order chi connectivity index (χ0) is 14.6. The smallest absolute Gasteiger partial charge is 0.253 e. The lowest BCUT2D eigenvalue weighted by atomic mass is 9.83. The Balaban J connectivity index is 2.07. The second-order valence-corrected chi connectivity index (χ2v) is 5.55. The molecule has 0 atom stereocenters. The Kier molecular flexibility index (Phi) is 4.60. The van der Waals surface area contributed by atoms with Crippen molar-refractivity contribution in [2.24, 2.45) is 11.3 Å². The molecule has 1 fully saturated rings. The van der Waals surface area contributed by atoms with E-state index in [1.54, 1.807) is 6.07 Å². The molecule has 0 unspecified atom stereocenters. The van der Waals surface area contributed by atoms with E-state index >= 15 is 0 Å². The largest absolute Gasteiger partial charge is 0.351 e. The van der Waals surface area contributed by atoms with Crippen molar-refractivity contribution in [2.45, 2.75) is 39.0 Å². The Labute approximate surface area is 118 Å². The molecule has 0 aromatic heterocycles. The summed E-state index contributed by atoms with van der Waals surface area (Å²) in [5.41, 5.74) is 2.76. The number of nitrogens with two attached hydrogens (primary N) is 1. The highest BCUT2D eigenvalue weighted by atomic mass is 19.1. The average molecular weight is 279 g/mol. The second kappa shape index (κ2) is 6.22. The summed E-state index contributed by atoms with van der Waals surface area (Å²) in [7, 11) is 0. The van der Waals surface area contributed by atoms with E-state index in [4.69, 9.17) is 5.84 Å². The number of amides is 1. The SMILES string of the molecule is CCC1(CNC(=O)c2cccc(F)c2NN)CCCC1. The Bertz CT molecular complexity index is 484. The van der Waals surface area contributed by atoms with Crippen LogP contribution in [-0.4, -0.2) is 12.5 Å². The Morgan fingerprint density at radius 3 is 2.70 bits per heavy atom. The van der Waals surface area contributed by atoms with Crippen LogP contribution in [0.25, 0.3) is 0 Å². The molecule has 1 aromatic rings. The van der Waals surface area contributed by atoms with Crippen LogP contribution in [0.1, 0.15) is 49.4 Å². The van der Waals surface area contributed by atoms with Crippen LogP contribution in [0.3, 0.4) is 0 Å². The predicted molar refractivity (Wildman–Crippen MR) is 77.7 cm³/mol. The lowest BCUT2D eigenvalue weighted by molar-refractivity contribution is 0.0929. The topological polar surface area (TPSA) is 67.2 Å². The van der Waals surface area contributed by atoms with Gasteiger partial charge in [-0.25, -0.2) is 4.39 Å². The monoisotopic (exact) mass is 279 g/mol. The van der Waals surface area contributed by atoms with E-state index in [-0.39, 0.29) is 22.6 Å². The zero-order valence-corrected chi connectivity index (χ0v) is 11.8. The van der Waals surface area contributed by atoms with Crippen molar-refractivity contribution in [3.8, 4) is 0 Å². The van der Waals surface area contributed by atoms with Crippen molar-refractivity contribution < 1.29 is 9.18 Å². The Morgan fingerprint density at radius 1 is 1.40 bits per heavy atom. The first-order valence-corrected chi connectivity index (χ1v) is 7.15. The summed E-state index contributed by atoms with van der Waals surface area (Å²) < 4.78 is 13.6. The molecule has 0 radical (unpaired) electrons. The molecule has 0 bridgehead atoms. The number of halogens is 1. The first-order chi connectivity index (χ1) is 9.62. The van der Waals surface area contributed by atoms with Crippen molar-refractivity contribution in [2.75, 3.05) is 12.0 Å². The molecule has 4 nitrogen and oxygen atoms in total. The second-order valence-electron chi connectivity index (χ2n) is 5.55. The number of hydrazine groups is 1. The van der Waals surface area contributed by atoms with Crippen molar-refractivity contribution >= 4 is 11.6 Å². The van der Waals surface area contributed by atoms with Crippen LogP contribution < -0.4 is 16.6 Å². The number of anilines is 1. The van der Waals surface area contributed by atoms with Gasteiger partial charge < -0.3 is 10.7 Å². The molecule has 110 valence electrons. The molecule has 1 aliphatic carbocycles. The van der Waals surface area contributed by atoms with Gasteiger partial charge in [-0.15, -0.1) is 0 Å². The van der Waals surface area contributed by atoms with Gasteiger partial charge in [-0.2, -0.15) is 0 Å². The van der Waals surface area contributed by atoms with Gasteiger partial charge in [-0.05, 0) is 36.8 Å². The van der Waals surface area contributed by atoms with Crippen molar-refractivity contribution in [1.82, 2.24) is 5.32 Å². The Morgan fingerprint density at radius 2 is 2.10 bits per heavy atom. The fraction of sp³-hybridized carbons (Fsp3) is 0.533. The van der Waals surface area contributed by atoms with Crippen LogP contribution in [0.2, 0.25) is 0 Å². The maximum absolute atomic E-state index is 13.6.